The lowest BCUT2D eigenvalue weighted by Crippen LogP contribution is -2.45. The van der Waals surface area contributed by atoms with Crippen molar-refractivity contribution in [2.75, 3.05) is 19.6 Å². The molecule has 2 rings (SSSR count). The monoisotopic (exact) mass is 292 g/mol. The maximum absolute atomic E-state index is 12.4. The van der Waals surface area contributed by atoms with E-state index in [0.29, 0.717) is 12.2 Å². The standard InChI is InChI=1S/C16H28N4O/c1-5-20-15(9-13(3)18-20)16(21)17-14(4)11-19-8-6-7-12(2)10-19/h9,12,14H,5-8,10-11H2,1-4H3,(H,17,21). The fraction of sp³-hybridized carbons (Fsp3) is 0.750. The van der Waals surface area contributed by atoms with Crippen LogP contribution in [0.5, 0.6) is 0 Å². The van der Waals surface area contributed by atoms with Gasteiger partial charge in [0.25, 0.3) is 5.91 Å². The van der Waals surface area contributed by atoms with Crippen molar-refractivity contribution in [3.8, 4) is 0 Å². The largest absolute Gasteiger partial charge is 0.347 e. The van der Waals surface area contributed by atoms with Gasteiger partial charge in [0.15, 0.2) is 0 Å². The van der Waals surface area contributed by atoms with Gasteiger partial charge in [-0.05, 0) is 52.1 Å². The zero-order valence-electron chi connectivity index (χ0n) is 13.7. The number of hydrogen-bond donors (Lipinski definition) is 1. The van der Waals surface area contributed by atoms with E-state index in [1.165, 1.54) is 12.8 Å². The summed E-state index contributed by atoms with van der Waals surface area (Å²) in [7, 11) is 0. The van der Waals surface area contributed by atoms with Crippen LogP contribution in [0.2, 0.25) is 0 Å². The highest BCUT2D eigenvalue weighted by Gasteiger charge is 2.20. The summed E-state index contributed by atoms with van der Waals surface area (Å²) in [4.78, 5) is 14.8. The highest BCUT2D eigenvalue weighted by Crippen LogP contribution is 2.15. The molecule has 0 radical (unpaired) electrons. The molecule has 0 saturated carbocycles. The molecule has 5 nitrogen and oxygen atoms in total. The molecule has 1 aliphatic heterocycles. The summed E-state index contributed by atoms with van der Waals surface area (Å²) in [5.41, 5.74) is 1.55. The third-order valence-corrected chi connectivity index (χ3v) is 4.08. The first-order chi connectivity index (χ1) is 9.99. The summed E-state index contributed by atoms with van der Waals surface area (Å²) in [6.07, 6.45) is 2.59. The average Bonchev–Trinajstić information content (AvgIpc) is 2.80. The summed E-state index contributed by atoms with van der Waals surface area (Å²) >= 11 is 0. The van der Waals surface area contributed by atoms with Crippen molar-refractivity contribution in [2.45, 2.75) is 53.1 Å². The molecular weight excluding hydrogens is 264 g/mol. The molecule has 0 aromatic carbocycles. The van der Waals surface area contributed by atoms with Gasteiger partial charge in [0.1, 0.15) is 5.69 Å². The van der Waals surface area contributed by atoms with Crippen molar-refractivity contribution in [3.63, 3.8) is 0 Å². The Kier molecular flexibility index (Phi) is 5.39. The molecule has 5 heteroatoms. The predicted molar refractivity (Wildman–Crippen MR) is 84.4 cm³/mol. The quantitative estimate of drug-likeness (QED) is 0.904. The van der Waals surface area contributed by atoms with Gasteiger partial charge >= 0.3 is 0 Å². The number of likely N-dealkylation sites (tertiary alicyclic amines) is 1. The molecular formula is C16H28N4O. The van der Waals surface area contributed by atoms with Gasteiger partial charge in [-0.1, -0.05) is 6.92 Å². The van der Waals surface area contributed by atoms with Crippen molar-refractivity contribution in [2.24, 2.45) is 5.92 Å². The average molecular weight is 292 g/mol. The van der Waals surface area contributed by atoms with Gasteiger partial charge in [0, 0.05) is 25.7 Å². The molecule has 1 fully saturated rings. The molecule has 0 spiro atoms. The predicted octanol–water partition coefficient (Wildman–Crippen LogP) is 2.06. The van der Waals surface area contributed by atoms with Gasteiger partial charge in [0.2, 0.25) is 0 Å². The molecule has 2 heterocycles. The zero-order chi connectivity index (χ0) is 15.4. The van der Waals surface area contributed by atoms with Crippen LogP contribution in [0.4, 0.5) is 0 Å². The number of nitrogens with zero attached hydrogens (tertiary/aromatic N) is 3. The first-order valence-electron chi connectivity index (χ1n) is 8.07. The van der Waals surface area contributed by atoms with E-state index in [1.54, 1.807) is 4.68 Å². The topological polar surface area (TPSA) is 50.2 Å². The van der Waals surface area contributed by atoms with Crippen molar-refractivity contribution >= 4 is 5.91 Å². The summed E-state index contributed by atoms with van der Waals surface area (Å²) in [5.74, 6) is 0.751. The van der Waals surface area contributed by atoms with Crippen LogP contribution in [0.1, 0.15) is 49.8 Å². The lowest BCUT2D eigenvalue weighted by atomic mass is 10.00. The van der Waals surface area contributed by atoms with Gasteiger partial charge < -0.3 is 10.2 Å². The Labute approximate surface area is 127 Å². The molecule has 21 heavy (non-hydrogen) atoms. The van der Waals surface area contributed by atoms with Gasteiger partial charge in [-0.2, -0.15) is 5.10 Å². The van der Waals surface area contributed by atoms with Gasteiger partial charge in [-0.15, -0.1) is 0 Å². The lowest BCUT2D eigenvalue weighted by molar-refractivity contribution is 0.0909. The Morgan fingerprint density at radius 2 is 2.33 bits per heavy atom. The number of hydrogen-bond acceptors (Lipinski definition) is 3. The minimum atomic E-state index is -0.0185. The second-order valence-corrected chi connectivity index (χ2v) is 6.37. The Morgan fingerprint density at radius 1 is 1.57 bits per heavy atom. The van der Waals surface area contributed by atoms with Crippen LogP contribution in [0.3, 0.4) is 0 Å². The van der Waals surface area contributed by atoms with E-state index in [1.807, 2.05) is 19.9 Å². The van der Waals surface area contributed by atoms with E-state index in [-0.39, 0.29) is 11.9 Å². The van der Waals surface area contributed by atoms with E-state index in [2.05, 4.69) is 29.2 Å². The zero-order valence-corrected chi connectivity index (χ0v) is 13.7. The van der Waals surface area contributed by atoms with E-state index in [9.17, 15) is 4.79 Å². The minimum absolute atomic E-state index is 0.0185. The lowest BCUT2D eigenvalue weighted by Gasteiger charge is -2.32. The first kappa shape index (κ1) is 16.0. The van der Waals surface area contributed by atoms with Crippen LogP contribution in [-0.4, -0.2) is 46.3 Å². The minimum Gasteiger partial charge on any atom is -0.347 e. The number of piperidine rings is 1. The second-order valence-electron chi connectivity index (χ2n) is 6.37. The number of nitrogens with one attached hydrogen (secondary N) is 1. The van der Waals surface area contributed by atoms with Gasteiger partial charge in [-0.3, -0.25) is 9.48 Å². The molecule has 0 aliphatic carbocycles. The Hall–Kier alpha value is -1.36. The van der Waals surface area contributed by atoms with Crippen LogP contribution < -0.4 is 5.32 Å². The molecule has 1 saturated heterocycles. The smallest absolute Gasteiger partial charge is 0.269 e. The molecule has 1 aromatic rings. The summed E-state index contributed by atoms with van der Waals surface area (Å²) < 4.78 is 1.76. The number of amides is 1. The molecule has 2 unspecified atom stereocenters. The van der Waals surface area contributed by atoms with Crippen LogP contribution in [-0.2, 0) is 6.54 Å². The van der Waals surface area contributed by atoms with E-state index >= 15 is 0 Å². The van der Waals surface area contributed by atoms with Crippen LogP contribution in [0, 0.1) is 12.8 Å². The molecule has 1 amide bonds. The Bertz CT molecular complexity index is 483. The second kappa shape index (κ2) is 7.07. The number of aromatic nitrogens is 2. The van der Waals surface area contributed by atoms with Crippen molar-refractivity contribution in [1.82, 2.24) is 20.0 Å². The van der Waals surface area contributed by atoms with E-state index in [4.69, 9.17) is 0 Å². The van der Waals surface area contributed by atoms with Crippen LogP contribution >= 0.6 is 0 Å². The van der Waals surface area contributed by atoms with Crippen molar-refractivity contribution in [1.29, 1.82) is 0 Å². The highest BCUT2D eigenvalue weighted by atomic mass is 16.2. The summed E-state index contributed by atoms with van der Waals surface area (Å²) in [6.45, 7) is 12.2. The molecule has 118 valence electrons. The first-order valence-corrected chi connectivity index (χ1v) is 8.07. The number of carbonyl (C=O) groups excluding carboxylic acids is 1. The molecule has 1 N–H and O–H groups in total. The van der Waals surface area contributed by atoms with E-state index < -0.39 is 0 Å². The van der Waals surface area contributed by atoms with E-state index in [0.717, 1.165) is 31.2 Å². The SMILES string of the molecule is CCn1nc(C)cc1C(=O)NC(C)CN1CCCC(C)C1. The molecule has 2 atom stereocenters. The number of carbonyl (C=O) groups is 1. The molecule has 1 aromatic heterocycles. The third kappa shape index (κ3) is 4.30. The van der Waals surface area contributed by atoms with Gasteiger partial charge in [-0.25, -0.2) is 0 Å². The third-order valence-electron chi connectivity index (χ3n) is 4.08. The Balaban J connectivity index is 1.89. The number of aryl methyl sites for hydroxylation is 2. The summed E-state index contributed by atoms with van der Waals surface area (Å²) in [5, 5.41) is 7.43. The van der Waals surface area contributed by atoms with Crippen molar-refractivity contribution in [3.05, 3.63) is 17.5 Å². The van der Waals surface area contributed by atoms with Crippen molar-refractivity contribution < 1.29 is 4.79 Å². The normalized spacial score (nSPS) is 21.2. The van der Waals surface area contributed by atoms with Crippen LogP contribution in [0.25, 0.3) is 0 Å². The van der Waals surface area contributed by atoms with Gasteiger partial charge in [0.05, 0.1) is 5.69 Å². The number of rotatable bonds is 5. The Morgan fingerprint density at radius 3 is 3.00 bits per heavy atom. The molecule has 0 bridgehead atoms. The molecule has 1 aliphatic rings. The highest BCUT2D eigenvalue weighted by molar-refractivity contribution is 5.92. The summed E-state index contributed by atoms with van der Waals surface area (Å²) in [6, 6.07) is 2.01. The maximum Gasteiger partial charge on any atom is 0.269 e. The fourth-order valence-electron chi connectivity index (χ4n) is 3.15. The maximum atomic E-state index is 12.4. The van der Waals surface area contributed by atoms with Crippen LogP contribution in [0.15, 0.2) is 6.07 Å². The fourth-order valence-corrected chi connectivity index (χ4v) is 3.15.